The molecule has 0 radical (unpaired) electrons. The van der Waals surface area contributed by atoms with Crippen molar-refractivity contribution in [3.8, 4) is 0 Å². The van der Waals surface area contributed by atoms with Crippen LogP contribution >= 0.6 is 0 Å². The number of carbonyl (C=O) groups is 1. The lowest BCUT2D eigenvalue weighted by Gasteiger charge is -2.42. The maximum Gasteiger partial charge on any atom is 0.354 e. The number of anilines is 1. The van der Waals surface area contributed by atoms with E-state index in [1.807, 2.05) is 18.7 Å². The van der Waals surface area contributed by atoms with Crippen LogP contribution in [0.3, 0.4) is 0 Å². The number of morpholine rings is 1. The molecule has 92 valence electrons. The minimum atomic E-state index is -1.04. The average Bonchev–Trinajstić information content (AvgIpc) is 2.28. The van der Waals surface area contributed by atoms with Gasteiger partial charge in [-0.2, -0.15) is 0 Å². The molecule has 1 aromatic rings. The van der Waals surface area contributed by atoms with Crippen LogP contribution in [0.2, 0.25) is 0 Å². The quantitative estimate of drug-likeness (QED) is 0.819. The van der Waals surface area contributed by atoms with Crippen LogP contribution in [0.1, 0.15) is 24.3 Å². The summed E-state index contributed by atoms with van der Waals surface area (Å²) in [6.07, 6.45) is 1.47. The fraction of sp³-hybridized carbons (Fsp3) is 0.545. The van der Waals surface area contributed by atoms with Gasteiger partial charge in [-0.3, -0.25) is 0 Å². The Hall–Kier alpha value is -1.69. The van der Waals surface area contributed by atoms with Gasteiger partial charge in [0.1, 0.15) is 0 Å². The predicted octanol–water partition coefficient (Wildman–Crippen LogP) is 0.790. The number of hydrogen-bond donors (Lipinski definition) is 1. The van der Waals surface area contributed by atoms with Crippen LogP contribution < -0.4 is 4.90 Å². The van der Waals surface area contributed by atoms with E-state index in [1.54, 1.807) is 0 Å². The number of aromatic carboxylic acids is 1. The first-order chi connectivity index (χ1) is 8.00. The summed E-state index contributed by atoms with van der Waals surface area (Å²) in [5, 5.41) is 8.90. The topological polar surface area (TPSA) is 75.5 Å². The Morgan fingerprint density at radius 3 is 3.00 bits per heavy atom. The molecule has 0 unspecified atom stereocenters. The first-order valence-electron chi connectivity index (χ1n) is 5.42. The lowest BCUT2D eigenvalue weighted by molar-refractivity contribution is 0.0630. The van der Waals surface area contributed by atoms with Crippen molar-refractivity contribution in [1.82, 2.24) is 9.97 Å². The lowest BCUT2D eigenvalue weighted by atomic mass is 10.0. The number of ether oxygens (including phenoxy) is 1. The van der Waals surface area contributed by atoms with Crippen LogP contribution in [-0.4, -0.2) is 46.3 Å². The zero-order valence-corrected chi connectivity index (χ0v) is 9.88. The maximum absolute atomic E-state index is 10.9. The van der Waals surface area contributed by atoms with Gasteiger partial charge in [0.25, 0.3) is 0 Å². The minimum absolute atomic E-state index is 0.0114. The molecule has 1 N–H and O–H groups in total. The summed E-state index contributed by atoms with van der Waals surface area (Å²) in [6.45, 7) is 5.87. The van der Waals surface area contributed by atoms with E-state index in [0.717, 1.165) is 0 Å². The summed E-state index contributed by atoms with van der Waals surface area (Å²) >= 11 is 0. The van der Waals surface area contributed by atoms with E-state index in [-0.39, 0.29) is 11.2 Å². The number of carboxylic acids is 1. The number of rotatable bonds is 2. The third-order valence-corrected chi connectivity index (χ3v) is 2.75. The van der Waals surface area contributed by atoms with Crippen LogP contribution in [0.4, 0.5) is 5.95 Å². The van der Waals surface area contributed by atoms with Crippen molar-refractivity contribution in [2.24, 2.45) is 0 Å². The molecule has 2 heterocycles. The summed E-state index contributed by atoms with van der Waals surface area (Å²) in [5.41, 5.74) is -0.215. The van der Waals surface area contributed by atoms with Crippen molar-refractivity contribution in [3.63, 3.8) is 0 Å². The molecule has 0 atom stereocenters. The minimum Gasteiger partial charge on any atom is -0.477 e. The zero-order valence-electron chi connectivity index (χ0n) is 9.88. The molecule has 0 amide bonds. The Morgan fingerprint density at radius 2 is 2.35 bits per heavy atom. The van der Waals surface area contributed by atoms with Crippen molar-refractivity contribution in [2.45, 2.75) is 19.4 Å². The van der Waals surface area contributed by atoms with Crippen LogP contribution in [0.25, 0.3) is 0 Å². The monoisotopic (exact) mass is 237 g/mol. The summed E-state index contributed by atoms with van der Waals surface area (Å²) in [7, 11) is 0. The molecule has 0 aromatic carbocycles. The molecule has 1 aromatic heterocycles. The smallest absolute Gasteiger partial charge is 0.354 e. The van der Waals surface area contributed by atoms with E-state index in [0.29, 0.717) is 25.7 Å². The van der Waals surface area contributed by atoms with Crippen molar-refractivity contribution in [2.75, 3.05) is 24.7 Å². The lowest BCUT2D eigenvalue weighted by Crippen LogP contribution is -2.54. The molecule has 17 heavy (non-hydrogen) atoms. The molecular formula is C11H15N3O3. The molecule has 1 aliphatic heterocycles. The summed E-state index contributed by atoms with van der Waals surface area (Å²) in [6, 6.07) is 1.39. The highest BCUT2D eigenvalue weighted by molar-refractivity contribution is 5.85. The van der Waals surface area contributed by atoms with Gasteiger partial charge < -0.3 is 14.7 Å². The highest BCUT2D eigenvalue weighted by Gasteiger charge is 2.32. The van der Waals surface area contributed by atoms with E-state index in [9.17, 15) is 4.79 Å². The second kappa shape index (κ2) is 4.29. The van der Waals surface area contributed by atoms with E-state index < -0.39 is 5.97 Å². The molecule has 1 fully saturated rings. The summed E-state index contributed by atoms with van der Waals surface area (Å²) in [5.74, 6) is -0.599. The third kappa shape index (κ3) is 2.36. The number of aromatic nitrogens is 2. The number of carboxylic acid groups (broad SMARTS) is 1. The van der Waals surface area contributed by atoms with Crippen molar-refractivity contribution < 1.29 is 14.6 Å². The number of nitrogens with zero attached hydrogens (tertiary/aromatic N) is 3. The normalized spacial score (nSPS) is 19.1. The van der Waals surface area contributed by atoms with Gasteiger partial charge >= 0.3 is 5.97 Å². The molecule has 0 spiro atoms. The van der Waals surface area contributed by atoms with Gasteiger partial charge in [0, 0.05) is 12.7 Å². The van der Waals surface area contributed by atoms with Gasteiger partial charge in [-0.05, 0) is 19.9 Å². The SMILES string of the molecule is CC1(C)COCCN1c1nccc(C(=O)O)n1. The standard InChI is InChI=1S/C11H15N3O3/c1-11(2)7-17-6-5-14(11)10-12-4-3-8(13-10)9(15)16/h3-4H,5-7H2,1-2H3,(H,15,16). The van der Waals surface area contributed by atoms with Gasteiger partial charge in [0.05, 0.1) is 18.8 Å². The van der Waals surface area contributed by atoms with Crippen LogP contribution in [0.5, 0.6) is 0 Å². The van der Waals surface area contributed by atoms with E-state index in [4.69, 9.17) is 9.84 Å². The number of hydrogen-bond acceptors (Lipinski definition) is 5. The van der Waals surface area contributed by atoms with Crippen LogP contribution in [0.15, 0.2) is 12.3 Å². The van der Waals surface area contributed by atoms with Gasteiger partial charge in [0.2, 0.25) is 5.95 Å². The Balaban J connectivity index is 2.32. The molecular weight excluding hydrogens is 222 g/mol. The Morgan fingerprint density at radius 1 is 1.59 bits per heavy atom. The van der Waals surface area contributed by atoms with Gasteiger partial charge in [-0.25, -0.2) is 14.8 Å². The summed E-state index contributed by atoms with van der Waals surface area (Å²) < 4.78 is 5.40. The van der Waals surface area contributed by atoms with Crippen molar-refractivity contribution >= 4 is 11.9 Å². The second-order valence-electron chi connectivity index (χ2n) is 4.56. The Labute approximate surface area is 99.2 Å². The van der Waals surface area contributed by atoms with E-state index in [1.165, 1.54) is 12.3 Å². The molecule has 0 aliphatic carbocycles. The highest BCUT2D eigenvalue weighted by atomic mass is 16.5. The van der Waals surface area contributed by atoms with Gasteiger partial charge in [-0.15, -0.1) is 0 Å². The highest BCUT2D eigenvalue weighted by Crippen LogP contribution is 2.23. The summed E-state index contributed by atoms with van der Waals surface area (Å²) in [4.78, 5) is 21.0. The average molecular weight is 237 g/mol. The molecule has 6 heteroatoms. The van der Waals surface area contributed by atoms with E-state index in [2.05, 4.69) is 9.97 Å². The Bertz CT molecular complexity index is 434. The largest absolute Gasteiger partial charge is 0.477 e. The van der Waals surface area contributed by atoms with Gasteiger partial charge in [0.15, 0.2) is 5.69 Å². The van der Waals surface area contributed by atoms with Gasteiger partial charge in [-0.1, -0.05) is 0 Å². The zero-order chi connectivity index (χ0) is 12.5. The van der Waals surface area contributed by atoms with Crippen molar-refractivity contribution in [3.05, 3.63) is 18.0 Å². The molecule has 0 saturated carbocycles. The second-order valence-corrected chi connectivity index (χ2v) is 4.56. The molecule has 2 rings (SSSR count). The van der Waals surface area contributed by atoms with Crippen LogP contribution in [0, 0.1) is 0 Å². The van der Waals surface area contributed by atoms with Crippen LogP contribution in [-0.2, 0) is 4.74 Å². The Kier molecular flexibility index (Phi) is 2.97. The first-order valence-corrected chi connectivity index (χ1v) is 5.42. The molecule has 0 bridgehead atoms. The third-order valence-electron chi connectivity index (χ3n) is 2.75. The predicted molar refractivity (Wildman–Crippen MR) is 61.2 cm³/mol. The van der Waals surface area contributed by atoms with Crippen molar-refractivity contribution in [1.29, 1.82) is 0 Å². The molecule has 6 nitrogen and oxygen atoms in total. The fourth-order valence-electron chi connectivity index (χ4n) is 1.83. The van der Waals surface area contributed by atoms with E-state index >= 15 is 0 Å². The molecule has 1 aliphatic rings. The maximum atomic E-state index is 10.9. The first kappa shape index (κ1) is 11.8. The fourth-order valence-corrected chi connectivity index (χ4v) is 1.83. The molecule has 1 saturated heterocycles.